The number of hydrogen-bond donors (Lipinski definition) is 1. The van der Waals surface area contributed by atoms with Crippen LogP contribution >= 0.6 is 0 Å². The third kappa shape index (κ3) is 3.02. The van der Waals surface area contributed by atoms with Crippen LogP contribution in [0, 0.1) is 22.5 Å². The number of fused-ring (bicyclic) bond motifs is 1. The van der Waals surface area contributed by atoms with Crippen molar-refractivity contribution in [2.24, 2.45) is 0 Å². The molecule has 8 nitrogen and oxygen atoms in total. The number of carbonyl (C=O) groups excluding carboxylic acids is 3. The predicted octanol–water partition coefficient (Wildman–Crippen LogP) is 2.20. The van der Waals surface area contributed by atoms with Crippen molar-refractivity contribution in [1.82, 2.24) is 4.90 Å². The molecule has 134 valence electrons. The summed E-state index contributed by atoms with van der Waals surface area (Å²) in [7, 11) is 0. The Hall–Kier alpha value is -3.99. The summed E-state index contributed by atoms with van der Waals surface area (Å²) in [6.45, 7) is 1.37. The van der Waals surface area contributed by atoms with Gasteiger partial charge < -0.3 is 5.32 Å². The molecular formula is C19H13N3O5. The Labute approximate surface area is 153 Å². The van der Waals surface area contributed by atoms with Crippen molar-refractivity contribution in [3.8, 4) is 12.3 Å². The maximum Gasteiger partial charge on any atom is 0.282 e. The van der Waals surface area contributed by atoms with Gasteiger partial charge in [-0.05, 0) is 31.2 Å². The van der Waals surface area contributed by atoms with Gasteiger partial charge in [0.15, 0.2) is 0 Å². The van der Waals surface area contributed by atoms with Crippen molar-refractivity contribution in [3.05, 3.63) is 69.3 Å². The van der Waals surface area contributed by atoms with E-state index in [9.17, 15) is 24.5 Å². The zero-order valence-electron chi connectivity index (χ0n) is 14.1. The Morgan fingerprint density at radius 3 is 2.59 bits per heavy atom. The molecule has 0 radical (unpaired) electrons. The lowest BCUT2D eigenvalue weighted by Crippen LogP contribution is -2.45. The summed E-state index contributed by atoms with van der Waals surface area (Å²) < 4.78 is 0. The molecule has 1 unspecified atom stereocenters. The standard InChI is InChI=1S/C19H13N3O5/c1-3-12-6-4-7-13(10-12)20-17(23)11(2)21-18(24)14-8-5-9-15(22(26)27)16(14)19(21)25/h1,4-11H,2H3,(H,20,23). The van der Waals surface area contributed by atoms with Crippen LogP contribution in [0.5, 0.6) is 0 Å². The molecule has 1 atom stereocenters. The van der Waals surface area contributed by atoms with Crippen LogP contribution in [0.25, 0.3) is 0 Å². The van der Waals surface area contributed by atoms with E-state index in [4.69, 9.17) is 6.42 Å². The number of benzene rings is 2. The van der Waals surface area contributed by atoms with Gasteiger partial charge in [-0.25, -0.2) is 0 Å². The molecule has 0 saturated heterocycles. The molecule has 0 aromatic heterocycles. The number of nitro benzene ring substituents is 1. The monoisotopic (exact) mass is 363 g/mol. The number of nitrogens with one attached hydrogen (secondary N) is 1. The first-order valence-electron chi connectivity index (χ1n) is 7.88. The van der Waals surface area contributed by atoms with E-state index in [2.05, 4.69) is 11.2 Å². The Balaban J connectivity index is 1.88. The van der Waals surface area contributed by atoms with E-state index < -0.39 is 34.4 Å². The van der Waals surface area contributed by atoms with Gasteiger partial charge in [0.1, 0.15) is 11.6 Å². The summed E-state index contributed by atoms with van der Waals surface area (Å²) in [6.07, 6.45) is 5.32. The number of imide groups is 1. The Morgan fingerprint density at radius 1 is 1.22 bits per heavy atom. The lowest BCUT2D eigenvalue weighted by atomic mass is 10.1. The van der Waals surface area contributed by atoms with Crippen LogP contribution in [-0.4, -0.2) is 33.6 Å². The summed E-state index contributed by atoms with van der Waals surface area (Å²) in [6, 6.07) is 9.13. The van der Waals surface area contributed by atoms with Gasteiger partial charge in [0.2, 0.25) is 5.91 Å². The van der Waals surface area contributed by atoms with Gasteiger partial charge in [-0.3, -0.25) is 29.4 Å². The molecule has 1 N–H and O–H groups in total. The normalized spacial score (nSPS) is 13.7. The Bertz CT molecular complexity index is 1040. The fraction of sp³-hybridized carbons (Fsp3) is 0.105. The van der Waals surface area contributed by atoms with E-state index >= 15 is 0 Å². The molecule has 0 spiro atoms. The molecular weight excluding hydrogens is 350 g/mol. The van der Waals surface area contributed by atoms with Gasteiger partial charge in [0.25, 0.3) is 17.5 Å². The lowest BCUT2D eigenvalue weighted by molar-refractivity contribution is -0.385. The van der Waals surface area contributed by atoms with E-state index in [0.717, 1.165) is 11.0 Å². The molecule has 8 heteroatoms. The van der Waals surface area contributed by atoms with Crippen molar-refractivity contribution in [3.63, 3.8) is 0 Å². The molecule has 1 aliphatic heterocycles. The molecule has 0 fully saturated rings. The van der Waals surface area contributed by atoms with Gasteiger partial charge in [-0.2, -0.15) is 0 Å². The van der Waals surface area contributed by atoms with Crippen LogP contribution in [0.3, 0.4) is 0 Å². The number of nitro groups is 1. The highest BCUT2D eigenvalue weighted by Crippen LogP contribution is 2.32. The van der Waals surface area contributed by atoms with Crippen LogP contribution in [0.4, 0.5) is 11.4 Å². The van der Waals surface area contributed by atoms with E-state index in [-0.39, 0.29) is 11.1 Å². The Kier molecular flexibility index (Phi) is 4.44. The quantitative estimate of drug-likeness (QED) is 0.388. The average Bonchev–Trinajstić information content (AvgIpc) is 2.92. The molecule has 1 heterocycles. The third-order valence-electron chi connectivity index (χ3n) is 4.18. The minimum Gasteiger partial charge on any atom is -0.324 e. The van der Waals surface area contributed by atoms with Crippen LogP contribution in [0.15, 0.2) is 42.5 Å². The fourth-order valence-electron chi connectivity index (χ4n) is 2.84. The molecule has 2 aromatic carbocycles. The number of nitrogens with zero attached hydrogens (tertiary/aromatic N) is 2. The smallest absolute Gasteiger partial charge is 0.282 e. The zero-order chi connectivity index (χ0) is 19.7. The highest BCUT2D eigenvalue weighted by atomic mass is 16.6. The highest BCUT2D eigenvalue weighted by molar-refractivity contribution is 6.24. The van der Waals surface area contributed by atoms with Gasteiger partial charge in [0.05, 0.1) is 10.5 Å². The van der Waals surface area contributed by atoms with Gasteiger partial charge >= 0.3 is 0 Å². The number of anilines is 1. The SMILES string of the molecule is C#Cc1cccc(NC(=O)C(C)N2C(=O)c3cccc([N+](=O)[O-])c3C2=O)c1. The van der Waals surface area contributed by atoms with Crippen LogP contribution in [0.1, 0.15) is 33.2 Å². The summed E-state index contributed by atoms with van der Waals surface area (Å²) in [5, 5.41) is 13.7. The molecule has 0 aliphatic carbocycles. The molecule has 1 aliphatic rings. The van der Waals surface area contributed by atoms with Gasteiger partial charge in [-0.1, -0.05) is 18.1 Å². The highest BCUT2D eigenvalue weighted by Gasteiger charge is 2.44. The molecule has 0 bridgehead atoms. The number of hydrogen-bond acceptors (Lipinski definition) is 5. The van der Waals surface area contributed by atoms with Crippen LogP contribution in [0.2, 0.25) is 0 Å². The molecule has 3 amide bonds. The first-order chi connectivity index (χ1) is 12.8. The van der Waals surface area contributed by atoms with Crippen molar-refractivity contribution in [2.75, 3.05) is 5.32 Å². The van der Waals surface area contributed by atoms with E-state index in [1.165, 1.54) is 19.1 Å². The van der Waals surface area contributed by atoms with E-state index in [1.807, 2.05) is 0 Å². The average molecular weight is 363 g/mol. The number of terminal acetylenes is 1. The maximum atomic E-state index is 12.6. The maximum absolute atomic E-state index is 12.6. The van der Waals surface area contributed by atoms with Gasteiger partial charge in [0, 0.05) is 17.3 Å². The zero-order valence-corrected chi connectivity index (χ0v) is 14.1. The van der Waals surface area contributed by atoms with Crippen molar-refractivity contribution in [2.45, 2.75) is 13.0 Å². The summed E-state index contributed by atoms with van der Waals surface area (Å²) in [5.74, 6) is 0.186. The number of carbonyl (C=O) groups is 3. The summed E-state index contributed by atoms with van der Waals surface area (Å²) in [5.41, 5.74) is 0.0917. The summed E-state index contributed by atoms with van der Waals surface area (Å²) in [4.78, 5) is 48.8. The number of amides is 3. The molecule has 0 saturated carbocycles. The van der Waals surface area contributed by atoms with Gasteiger partial charge in [-0.15, -0.1) is 6.42 Å². The molecule has 3 rings (SSSR count). The summed E-state index contributed by atoms with van der Waals surface area (Å²) >= 11 is 0. The number of rotatable bonds is 4. The third-order valence-corrected chi connectivity index (χ3v) is 4.18. The second kappa shape index (κ2) is 6.72. The Morgan fingerprint density at radius 2 is 1.93 bits per heavy atom. The minimum absolute atomic E-state index is 0.0943. The van der Waals surface area contributed by atoms with Crippen LogP contribution < -0.4 is 5.32 Å². The van der Waals surface area contributed by atoms with Crippen LogP contribution in [-0.2, 0) is 4.79 Å². The van der Waals surface area contributed by atoms with Crippen molar-refractivity contribution >= 4 is 29.1 Å². The van der Waals surface area contributed by atoms with E-state index in [0.29, 0.717) is 11.3 Å². The first-order valence-corrected chi connectivity index (χ1v) is 7.88. The minimum atomic E-state index is -1.17. The molecule has 27 heavy (non-hydrogen) atoms. The fourth-order valence-corrected chi connectivity index (χ4v) is 2.84. The second-order valence-corrected chi connectivity index (χ2v) is 5.83. The van der Waals surface area contributed by atoms with Crippen molar-refractivity contribution < 1.29 is 19.3 Å². The van der Waals surface area contributed by atoms with E-state index in [1.54, 1.807) is 24.3 Å². The topological polar surface area (TPSA) is 110 Å². The lowest BCUT2D eigenvalue weighted by Gasteiger charge is -2.21. The first kappa shape index (κ1) is 17.8. The molecule has 2 aromatic rings. The van der Waals surface area contributed by atoms with Crippen molar-refractivity contribution in [1.29, 1.82) is 0 Å². The largest absolute Gasteiger partial charge is 0.324 e. The second-order valence-electron chi connectivity index (χ2n) is 5.83. The predicted molar refractivity (Wildman–Crippen MR) is 96.1 cm³/mol.